The molecule has 0 amide bonds. The Hall–Kier alpha value is -1.31. The van der Waals surface area contributed by atoms with Crippen molar-refractivity contribution in [3.8, 4) is 5.75 Å². The standard InChI is InChI=1S/C13H15ClO6S/c1-18-5-2-6-19-13(15)11-8-20-12-4-3-9(7-10(11)12)21(14,16)17/h3-4,7,11H,2,5-6,8H2,1H3. The number of esters is 1. The summed E-state index contributed by atoms with van der Waals surface area (Å²) in [4.78, 5) is 11.9. The van der Waals surface area contributed by atoms with E-state index >= 15 is 0 Å². The Kier molecular flexibility index (Phi) is 5.08. The number of hydrogen-bond donors (Lipinski definition) is 0. The first-order valence-corrected chi connectivity index (χ1v) is 8.61. The number of rotatable bonds is 6. The van der Waals surface area contributed by atoms with E-state index < -0.39 is 20.9 Å². The minimum Gasteiger partial charge on any atom is -0.492 e. The second-order valence-electron chi connectivity index (χ2n) is 4.51. The monoisotopic (exact) mass is 334 g/mol. The summed E-state index contributed by atoms with van der Waals surface area (Å²) in [5, 5.41) is 0. The largest absolute Gasteiger partial charge is 0.492 e. The van der Waals surface area contributed by atoms with E-state index in [0.717, 1.165) is 0 Å². The third-order valence-corrected chi connectivity index (χ3v) is 4.42. The van der Waals surface area contributed by atoms with Gasteiger partial charge in [-0.1, -0.05) is 0 Å². The molecule has 1 aliphatic heterocycles. The molecular formula is C13H15ClO6S. The van der Waals surface area contributed by atoms with Crippen LogP contribution >= 0.6 is 10.7 Å². The molecule has 0 saturated heterocycles. The highest BCUT2D eigenvalue weighted by molar-refractivity contribution is 8.13. The van der Waals surface area contributed by atoms with Gasteiger partial charge in [-0.3, -0.25) is 4.79 Å². The van der Waals surface area contributed by atoms with Crippen LogP contribution in [0.4, 0.5) is 0 Å². The fourth-order valence-electron chi connectivity index (χ4n) is 2.02. The van der Waals surface area contributed by atoms with Gasteiger partial charge in [-0.15, -0.1) is 0 Å². The molecule has 21 heavy (non-hydrogen) atoms. The summed E-state index contributed by atoms with van der Waals surface area (Å²) < 4.78 is 38.0. The summed E-state index contributed by atoms with van der Waals surface area (Å²) in [6.45, 7) is 0.871. The van der Waals surface area contributed by atoms with Crippen molar-refractivity contribution in [3.05, 3.63) is 23.8 Å². The summed E-state index contributed by atoms with van der Waals surface area (Å²) >= 11 is 0. The van der Waals surface area contributed by atoms with Crippen molar-refractivity contribution in [1.82, 2.24) is 0 Å². The summed E-state index contributed by atoms with van der Waals surface area (Å²) in [7, 11) is 3.02. The van der Waals surface area contributed by atoms with Crippen LogP contribution in [0.3, 0.4) is 0 Å². The fourth-order valence-corrected chi connectivity index (χ4v) is 2.80. The van der Waals surface area contributed by atoms with Crippen LogP contribution in [-0.2, 0) is 23.3 Å². The maximum atomic E-state index is 12.0. The van der Waals surface area contributed by atoms with Crippen LogP contribution in [0.25, 0.3) is 0 Å². The van der Waals surface area contributed by atoms with E-state index in [1.165, 1.54) is 18.2 Å². The average Bonchev–Trinajstić information content (AvgIpc) is 2.85. The molecule has 1 unspecified atom stereocenters. The Morgan fingerprint density at radius 3 is 2.86 bits per heavy atom. The van der Waals surface area contributed by atoms with Crippen molar-refractivity contribution in [2.24, 2.45) is 0 Å². The number of carbonyl (C=O) groups is 1. The van der Waals surface area contributed by atoms with Gasteiger partial charge in [-0.25, -0.2) is 8.42 Å². The molecule has 0 fully saturated rings. The Morgan fingerprint density at radius 2 is 2.19 bits per heavy atom. The molecule has 0 saturated carbocycles. The molecule has 1 aromatic rings. The quantitative estimate of drug-likeness (QED) is 0.447. The van der Waals surface area contributed by atoms with Crippen molar-refractivity contribution in [2.45, 2.75) is 17.2 Å². The zero-order chi connectivity index (χ0) is 15.5. The summed E-state index contributed by atoms with van der Waals surface area (Å²) in [6, 6.07) is 4.18. The molecule has 0 N–H and O–H groups in total. The minimum atomic E-state index is -3.85. The van der Waals surface area contributed by atoms with Gasteiger partial charge in [0.25, 0.3) is 9.05 Å². The van der Waals surface area contributed by atoms with Crippen LogP contribution in [0.5, 0.6) is 5.75 Å². The Balaban J connectivity index is 2.11. The van der Waals surface area contributed by atoms with Gasteiger partial charge in [0, 0.05) is 36.4 Å². The third kappa shape index (κ3) is 3.87. The van der Waals surface area contributed by atoms with E-state index in [9.17, 15) is 13.2 Å². The van der Waals surface area contributed by atoms with Gasteiger partial charge in [0.1, 0.15) is 18.3 Å². The maximum Gasteiger partial charge on any atom is 0.317 e. The molecule has 1 atom stereocenters. The molecule has 0 aromatic heterocycles. The van der Waals surface area contributed by atoms with Crippen molar-refractivity contribution in [3.63, 3.8) is 0 Å². The van der Waals surface area contributed by atoms with E-state index in [0.29, 0.717) is 24.3 Å². The van der Waals surface area contributed by atoms with Gasteiger partial charge in [-0.2, -0.15) is 0 Å². The number of fused-ring (bicyclic) bond motifs is 1. The Bertz CT molecular complexity index is 628. The molecule has 0 aliphatic carbocycles. The highest BCUT2D eigenvalue weighted by atomic mass is 35.7. The minimum absolute atomic E-state index is 0.0643. The van der Waals surface area contributed by atoms with E-state index in [4.69, 9.17) is 24.9 Å². The van der Waals surface area contributed by atoms with Crippen molar-refractivity contribution in [1.29, 1.82) is 0 Å². The third-order valence-electron chi connectivity index (χ3n) is 3.07. The number of benzene rings is 1. The molecule has 1 aliphatic rings. The molecule has 0 spiro atoms. The van der Waals surface area contributed by atoms with Crippen LogP contribution < -0.4 is 4.74 Å². The average molecular weight is 335 g/mol. The molecule has 2 rings (SSSR count). The molecule has 116 valence electrons. The molecular weight excluding hydrogens is 320 g/mol. The van der Waals surface area contributed by atoms with Crippen LogP contribution in [0.1, 0.15) is 17.9 Å². The molecule has 0 bridgehead atoms. The Morgan fingerprint density at radius 1 is 1.43 bits per heavy atom. The maximum absolute atomic E-state index is 12.0. The van der Waals surface area contributed by atoms with E-state index in [1.54, 1.807) is 7.11 Å². The van der Waals surface area contributed by atoms with Crippen LogP contribution in [0.15, 0.2) is 23.1 Å². The van der Waals surface area contributed by atoms with E-state index in [2.05, 4.69) is 0 Å². The lowest BCUT2D eigenvalue weighted by Crippen LogP contribution is -2.18. The second-order valence-corrected chi connectivity index (χ2v) is 7.08. The molecule has 1 aromatic carbocycles. The van der Waals surface area contributed by atoms with Crippen molar-refractivity contribution >= 4 is 25.7 Å². The predicted molar refractivity (Wildman–Crippen MR) is 75.2 cm³/mol. The number of carbonyl (C=O) groups excluding carboxylic acids is 1. The van der Waals surface area contributed by atoms with Crippen LogP contribution in [0.2, 0.25) is 0 Å². The van der Waals surface area contributed by atoms with Gasteiger partial charge >= 0.3 is 5.97 Å². The number of hydrogen-bond acceptors (Lipinski definition) is 6. The highest BCUT2D eigenvalue weighted by Gasteiger charge is 2.32. The summed E-state index contributed by atoms with van der Waals surface area (Å²) in [5.41, 5.74) is 0.480. The van der Waals surface area contributed by atoms with Gasteiger partial charge < -0.3 is 14.2 Å². The number of halogens is 1. The highest BCUT2D eigenvalue weighted by Crippen LogP contribution is 2.36. The van der Waals surface area contributed by atoms with E-state index in [-0.39, 0.29) is 18.1 Å². The summed E-state index contributed by atoms with van der Waals surface area (Å²) in [5.74, 6) is -0.618. The topological polar surface area (TPSA) is 78.9 Å². The summed E-state index contributed by atoms with van der Waals surface area (Å²) in [6.07, 6.45) is 0.596. The molecule has 6 nitrogen and oxygen atoms in total. The predicted octanol–water partition coefficient (Wildman–Crippen LogP) is 1.67. The number of ether oxygens (including phenoxy) is 3. The van der Waals surface area contributed by atoms with Crippen molar-refractivity contribution in [2.75, 3.05) is 26.9 Å². The SMILES string of the molecule is COCCCOC(=O)C1COc2ccc(S(=O)(=O)Cl)cc21. The molecule has 1 heterocycles. The van der Waals surface area contributed by atoms with E-state index in [1.807, 2.05) is 0 Å². The first kappa shape index (κ1) is 16.1. The zero-order valence-corrected chi connectivity index (χ0v) is 12.9. The lowest BCUT2D eigenvalue weighted by Gasteiger charge is -2.09. The first-order chi connectivity index (χ1) is 9.93. The van der Waals surface area contributed by atoms with Gasteiger partial charge in [0.15, 0.2) is 0 Å². The Labute approximate surface area is 127 Å². The van der Waals surface area contributed by atoms with Crippen LogP contribution in [0, 0.1) is 0 Å². The lowest BCUT2D eigenvalue weighted by molar-refractivity contribution is -0.146. The second kappa shape index (κ2) is 6.64. The number of methoxy groups -OCH3 is 1. The molecule has 0 radical (unpaired) electrons. The van der Waals surface area contributed by atoms with Crippen molar-refractivity contribution < 1.29 is 27.4 Å². The van der Waals surface area contributed by atoms with Crippen LogP contribution in [-0.4, -0.2) is 41.3 Å². The van der Waals surface area contributed by atoms with Gasteiger partial charge in [-0.05, 0) is 18.2 Å². The fraction of sp³-hybridized carbons (Fsp3) is 0.462. The first-order valence-electron chi connectivity index (χ1n) is 6.30. The smallest absolute Gasteiger partial charge is 0.317 e. The van der Waals surface area contributed by atoms with Gasteiger partial charge in [0.05, 0.1) is 11.5 Å². The van der Waals surface area contributed by atoms with Gasteiger partial charge in [0.2, 0.25) is 0 Å². The normalized spacial score (nSPS) is 17.1. The zero-order valence-electron chi connectivity index (χ0n) is 11.4. The molecule has 8 heteroatoms. The lowest BCUT2D eigenvalue weighted by atomic mass is 10.0.